The Hall–Kier alpha value is -2.14. The molecule has 1 saturated heterocycles. The summed E-state index contributed by atoms with van der Waals surface area (Å²) in [7, 11) is -1.28. The molecule has 24 heavy (non-hydrogen) atoms. The number of carbonyl (C=O) groups is 1. The molecule has 0 aliphatic carbocycles. The number of carbonyl (C=O) groups excluding carboxylic acids is 1. The van der Waals surface area contributed by atoms with Crippen molar-refractivity contribution in [3.63, 3.8) is 0 Å². The highest BCUT2D eigenvalue weighted by molar-refractivity contribution is 7.91. The van der Waals surface area contributed by atoms with Gasteiger partial charge < -0.3 is 4.90 Å². The fourth-order valence-corrected chi connectivity index (χ4v) is 4.80. The molecule has 5 heteroatoms. The normalized spacial score (nSPS) is 19.1. The minimum Gasteiger partial charge on any atom is -0.341 e. The predicted molar refractivity (Wildman–Crippen MR) is 95.4 cm³/mol. The van der Waals surface area contributed by atoms with Gasteiger partial charge in [0.15, 0.2) is 9.84 Å². The second-order valence-corrected chi connectivity index (χ2v) is 8.53. The van der Waals surface area contributed by atoms with E-state index in [4.69, 9.17) is 0 Å². The molecule has 1 fully saturated rings. The zero-order valence-electron chi connectivity index (χ0n) is 13.7. The van der Waals surface area contributed by atoms with E-state index in [1.54, 1.807) is 11.9 Å². The summed E-state index contributed by atoms with van der Waals surface area (Å²) in [6.07, 6.45) is 0.833. The molecule has 0 aromatic heterocycles. The highest BCUT2D eigenvalue weighted by Gasteiger charge is 2.32. The lowest BCUT2D eigenvalue weighted by atomic mass is 10.0. The van der Waals surface area contributed by atoms with E-state index in [1.807, 2.05) is 42.5 Å². The minimum absolute atomic E-state index is 0.0374. The van der Waals surface area contributed by atoms with Gasteiger partial charge in [-0.1, -0.05) is 54.6 Å². The molecule has 1 aliphatic heterocycles. The fourth-order valence-electron chi connectivity index (χ4n) is 3.03. The van der Waals surface area contributed by atoms with Crippen molar-refractivity contribution in [2.24, 2.45) is 0 Å². The summed E-state index contributed by atoms with van der Waals surface area (Å²) < 4.78 is 23.1. The molecule has 0 spiro atoms. The SMILES string of the molecule is CN(C(=O)Cc1ccc(-c2ccccc2)cc1)[C@@H]1CCS(=O)(=O)C1. The van der Waals surface area contributed by atoms with E-state index in [9.17, 15) is 13.2 Å². The van der Waals surface area contributed by atoms with E-state index in [0.717, 1.165) is 16.7 Å². The van der Waals surface area contributed by atoms with Crippen LogP contribution in [0.3, 0.4) is 0 Å². The summed E-state index contributed by atoms with van der Waals surface area (Å²) in [6, 6.07) is 17.8. The Morgan fingerprint density at radius 1 is 1.04 bits per heavy atom. The van der Waals surface area contributed by atoms with Crippen LogP contribution in [0, 0.1) is 0 Å². The monoisotopic (exact) mass is 343 g/mol. The summed E-state index contributed by atoms with van der Waals surface area (Å²) in [5, 5.41) is 0. The van der Waals surface area contributed by atoms with E-state index >= 15 is 0 Å². The summed E-state index contributed by atoms with van der Waals surface area (Å²) in [6.45, 7) is 0. The van der Waals surface area contributed by atoms with Crippen molar-refractivity contribution >= 4 is 15.7 Å². The van der Waals surface area contributed by atoms with Crippen molar-refractivity contribution < 1.29 is 13.2 Å². The van der Waals surface area contributed by atoms with Gasteiger partial charge in [0, 0.05) is 13.1 Å². The van der Waals surface area contributed by atoms with Crippen molar-refractivity contribution in [2.45, 2.75) is 18.9 Å². The van der Waals surface area contributed by atoms with E-state index in [2.05, 4.69) is 12.1 Å². The molecule has 1 heterocycles. The maximum atomic E-state index is 12.4. The predicted octanol–water partition coefficient (Wildman–Crippen LogP) is 2.54. The Kier molecular flexibility index (Phi) is 4.71. The first-order valence-corrected chi connectivity index (χ1v) is 9.87. The van der Waals surface area contributed by atoms with Crippen LogP contribution in [0.5, 0.6) is 0 Å². The Balaban J connectivity index is 1.64. The molecule has 1 atom stereocenters. The third-order valence-corrected chi connectivity index (χ3v) is 6.32. The quantitative estimate of drug-likeness (QED) is 0.857. The van der Waals surface area contributed by atoms with Gasteiger partial charge in [0.1, 0.15) is 0 Å². The smallest absolute Gasteiger partial charge is 0.227 e. The first kappa shape index (κ1) is 16.7. The van der Waals surface area contributed by atoms with Crippen molar-refractivity contribution in [3.8, 4) is 11.1 Å². The zero-order chi connectivity index (χ0) is 17.2. The van der Waals surface area contributed by atoms with Gasteiger partial charge in [-0.05, 0) is 23.1 Å². The molecule has 2 aromatic rings. The second kappa shape index (κ2) is 6.77. The van der Waals surface area contributed by atoms with E-state index < -0.39 is 9.84 Å². The third kappa shape index (κ3) is 3.85. The lowest BCUT2D eigenvalue weighted by molar-refractivity contribution is -0.130. The Morgan fingerprint density at radius 3 is 2.25 bits per heavy atom. The van der Waals surface area contributed by atoms with Crippen LogP contribution in [0.2, 0.25) is 0 Å². The Labute approximate surface area is 143 Å². The minimum atomic E-state index is -2.98. The molecular weight excluding hydrogens is 322 g/mol. The summed E-state index contributed by atoms with van der Waals surface area (Å²) in [5.41, 5.74) is 3.19. The van der Waals surface area contributed by atoms with Crippen LogP contribution in [0.15, 0.2) is 54.6 Å². The van der Waals surface area contributed by atoms with Crippen LogP contribution in [0.25, 0.3) is 11.1 Å². The first-order valence-electron chi connectivity index (χ1n) is 8.05. The number of sulfone groups is 1. The molecule has 0 saturated carbocycles. The van der Waals surface area contributed by atoms with Crippen LogP contribution >= 0.6 is 0 Å². The van der Waals surface area contributed by atoms with Gasteiger partial charge in [-0.15, -0.1) is 0 Å². The third-order valence-electron chi connectivity index (χ3n) is 4.57. The van der Waals surface area contributed by atoms with Crippen LogP contribution < -0.4 is 0 Å². The zero-order valence-corrected chi connectivity index (χ0v) is 14.5. The van der Waals surface area contributed by atoms with Crippen LogP contribution in [0.1, 0.15) is 12.0 Å². The average Bonchev–Trinajstić information content (AvgIpc) is 2.95. The lowest BCUT2D eigenvalue weighted by Gasteiger charge is -2.23. The van der Waals surface area contributed by atoms with Gasteiger partial charge in [-0.3, -0.25) is 4.79 Å². The Bertz CT molecular complexity index is 813. The van der Waals surface area contributed by atoms with Gasteiger partial charge >= 0.3 is 0 Å². The number of hydrogen-bond acceptors (Lipinski definition) is 3. The van der Waals surface area contributed by atoms with Gasteiger partial charge in [0.2, 0.25) is 5.91 Å². The van der Waals surface area contributed by atoms with Crippen molar-refractivity contribution in [2.75, 3.05) is 18.6 Å². The van der Waals surface area contributed by atoms with Crippen LogP contribution in [-0.4, -0.2) is 43.8 Å². The molecule has 1 amide bonds. The van der Waals surface area contributed by atoms with Crippen molar-refractivity contribution in [3.05, 3.63) is 60.2 Å². The second-order valence-electron chi connectivity index (χ2n) is 6.30. The molecule has 1 aliphatic rings. The van der Waals surface area contributed by atoms with Crippen LogP contribution in [0.4, 0.5) is 0 Å². The molecular formula is C19H21NO3S. The van der Waals surface area contributed by atoms with Crippen molar-refractivity contribution in [1.29, 1.82) is 0 Å². The molecule has 0 radical (unpaired) electrons. The fraction of sp³-hybridized carbons (Fsp3) is 0.316. The van der Waals surface area contributed by atoms with E-state index in [0.29, 0.717) is 12.8 Å². The number of hydrogen-bond donors (Lipinski definition) is 0. The van der Waals surface area contributed by atoms with Gasteiger partial charge in [-0.25, -0.2) is 8.42 Å². The highest BCUT2D eigenvalue weighted by atomic mass is 32.2. The Morgan fingerprint density at radius 2 is 1.67 bits per heavy atom. The van der Waals surface area contributed by atoms with Gasteiger partial charge in [-0.2, -0.15) is 0 Å². The highest BCUT2D eigenvalue weighted by Crippen LogP contribution is 2.21. The van der Waals surface area contributed by atoms with Gasteiger partial charge in [0.05, 0.1) is 17.9 Å². The maximum Gasteiger partial charge on any atom is 0.227 e. The molecule has 2 aromatic carbocycles. The molecule has 0 N–H and O–H groups in total. The lowest BCUT2D eigenvalue weighted by Crippen LogP contribution is -2.38. The largest absolute Gasteiger partial charge is 0.341 e. The summed E-state index contributed by atoms with van der Waals surface area (Å²) in [4.78, 5) is 14.0. The van der Waals surface area contributed by atoms with Gasteiger partial charge in [0.25, 0.3) is 0 Å². The molecule has 4 nitrogen and oxygen atoms in total. The number of likely N-dealkylation sites (N-methyl/N-ethyl adjacent to an activating group) is 1. The number of rotatable bonds is 4. The number of amides is 1. The number of nitrogens with zero attached hydrogens (tertiary/aromatic N) is 1. The first-order chi connectivity index (χ1) is 11.4. The number of benzene rings is 2. The van der Waals surface area contributed by atoms with Crippen molar-refractivity contribution in [1.82, 2.24) is 4.90 Å². The van der Waals surface area contributed by atoms with E-state index in [-0.39, 0.29) is 23.5 Å². The van der Waals surface area contributed by atoms with E-state index in [1.165, 1.54) is 0 Å². The molecule has 0 bridgehead atoms. The maximum absolute atomic E-state index is 12.4. The molecule has 126 valence electrons. The summed E-state index contributed by atoms with van der Waals surface area (Å²) in [5.74, 6) is 0.230. The topological polar surface area (TPSA) is 54.5 Å². The molecule has 0 unspecified atom stereocenters. The molecule has 3 rings (SSSR count). The standard InChI is InChI=1S/C19H21NO3S/c1-20(18-11-12-24(22,23)14-18)19(21)13-15-7-9-17(10-8-15)16-5-3-2-4-6-16/h2-10,18H,11-14H2,1H3/t18-/m1/s1. The average molecular weight is 343 g/mol. The summed E-state index contributed by atoms with van der Waals surface area (Å²) >= 11 is 0. The van der Waals surface area contributed by atoms with Crippen LogP contribution in [-0.2, 0) is 21.1 Å².